The maximum atomic E-state index is 12.0. The molecule has 2 fully saturated rings. The molecule has 2 amide bonds. The van der Waals surface area contributed by atoms with E-state index < -0.39 is 17.9 Å². The third-order valence-corrected chi connectivity index (χ3v) is 5.12. The monoisotopic (exact) mass is 324 g/mol. The first-order chi connectivity index (χ1) is 10.8. The SMILES string of the molecule is CC(C)C[C@H](NC(=O)CNC(=O)CC1CC2CCC1C2)C(=O)O. The van der Waals surface area contributed by atoms with Crippen molar-refractivity contribution in [3.05, 3.63) is 0 Å². The number of carbonyl (C=O) groups excluding carboxylic acids is 2. The van der Waals surface area contributed by atoms with E-state index in [0.29, 0.717) is 24.7 Å². The molecule has 3 unspecified atom stereocenters. The maximum absolute atomic E-state index is 12.0. The molecule has 0 saturated heterocycles. The molecule has 4 atom stereocenters. The average molecular weight is 324 g/mol. The number of carbonyl (C=O) groups is 3. The standard InChI is InChI=1S/C17H28N2O4/c1-10(2)5-14(17(22)23)19-16(21)9-18-15(20)8-13-7-11-3-4-12(13)6-11/h10-14H,3-9H2,1-2H3,(H,18,20)(H,19,21)(H,22,23)/t11?,12?,13?,14-/m0/s1. The van der Waals surface area contributed by atoms with Crippen LogP contribution in [0.15, 0.2) is 0 Å². The van der Waals surface area contributed by atoms with Gasteiger partial charge in [-0.05, 0) is 49.4 Å². The Morgan fingerprint density at radius 1 is 1.13 bits per heavy atom. The molecular formula is C17H28N2O4. The molecule has 130 valence electrons. The van der Waals surface area contributed by atoms with Gasteiger partial charge in [-0.1, -0.05) is 20.3 Å². The molecule has 6 nitrogen and oxygen atoms in total. The van der Waals surface area contributed by atoms with Crippen molar-refractivity contribution in [3.8, 4) is 0 Å². The van der Waals surface area contributed by atoms with Gasteiger partial charge in [0.2, 0.25) is 11.8 Å². The first kappa shape index (κ1) is 17.8. The van der Waals surface area contributed by atoms with Gasteiger partial charge in [-0.15, -0.1) is 0 Å². The van der Waals surface area contributed by atoms with Gasteiger partial charge in [0.15, 0.2) is 0 Å². The van der Waals surface area contributed by atoms with Crippen LogP contribution in [0.4, 0.5) is 0 Å². The Morgan fingerprint density at radius 2 is 1.87 bits per heavy atom. The minimum Gasteiger partial charge on any atom is -0.480 e. The highest BCUT2D eigenvalue weighted by Crippen LogP contribution is 2.49. The average Bonchev–Trinajstić information content (AvgIpc) is 3.06. The van der Waals surface area contributed by atoms with Crippen LogP contribution >= 0.6 is 0 Å². The van der Waals surface area contributed by atoms with Crippen molar-refractivity contribution in [1.82, 2.24) is 10.6 Å². The molecule has 2 rings (SSSR count). The predicted molar refractivity (Wildman–Crippen MR) is 85.6 cm³/mol. The van der Waals surface area contributed by atoms with Crippen molar-refractivity contribution in [2.45, 2.75) is 58.4 Å². The van der Waals surface area contributed by atoms with Gasteiger partial charge in [-0.3, -0.25) is 9.59 Å². The predicted octanol–water partition coefficient (Wildman–Crippen LogP) is 1.54. The largest absolute Gasteiger partial charge is 0.480 e. The van der Waals surface area contributed by atoms with Crippen LogP contribution in [-0.2, 0) is 14.4 Å². The van der Waals surface area contributed by atoms with Crippen LogP contribution in [0.2, 0.25) is 0 Å². The summed E-state index contributed by atoms with van der Waals surface area (Å²) in [4.78, 5) is 34.9. The second kappa shape index (κ2) is 7.79. The highest BCUT2D eigenvalue weighted by atomic mass is 16.4. The highest BCUT2D eigenvalue weighted by Gasteiger charge is 2.40. The number of carboxylic acids is 1. The van der Waals surface area contributed by atoms with Crippen molar-refractivity contribution in [1.29, 1.82) is 0 Å². The van der Waals surface area contributed by atoms with E-state index in [0.717, 1.165) is 12.3 Å². The quantitative estimate of drug-likeness (QED) is 0.631. The van der Waals surface area contributed by atoms with Gasteiger partial charge in [0.1, 0.15) is 6.04 Å². The zero-order valence-electron chi connectivity index (χ0n) is 14.0. The van der Waals surface area contributed by atoms with Crippen LogP contribution in [-0.4, -0.2) is 35.5 Å². The Hall–Kier alpha value is -1.59. The van der Waals surface area contributed by atoms with Crippen molar-refractivity contribution in [2.24, 2.45) is 23.7 Å². The van der Waals surface area contributed by atoms with Gasteiger partial charge in [0.05, 0.1) is 6.54 Å². The Balaban J connectivity index is 1.68. The van der Waals surface area contributed by atoms with E-state index in [4.69, 9.17) is 5.11 Å². The number of rotatable bonds is 8. The topological polar surface area (TPSA) is 95.5 Å². The van der Waals surface area contributed by atoms with Crippen molar-refractivity contribution in [3.63, 3.8) is 0 Å². The second-order valence-electron chi connectivity index (χ2n) is 7.50. The molecule has 0 spiro atoms. The van der Waals surface area contributed by atoms with E-state index in [-0.39, 0.29) is 18.4 Å². The molecule has 2 bridgehead atoms. The van der Waals surface area contributed by atoms with Crippen molar-refractivity contribution < 1.29 is 19.5 Å². The Labute approximate surface area is 137 Å². The van der Waals surface area contributed by atoms with Gasteiger partial charge in [-0.25, -0.2) is 4.79 Å². The summed E-state index contributed by atoms with van der Waals surface area (Å²) in [5.41, 5.74) is 0. The number of nitrogens with one attached hydrogen (secondary N) is 2. The lowest BCUT2D eigenvalue weighted by molar-refractivity contribution is -0.142. The summed E-state index contributed by atoms with van der Waals surface area (Å²) in [5.74, 6) is 0.525. The fraction of sp³-hybridized carbons (Fsp3) is 0.824. The third-order valence-electron chi connectivity index (χ3n) is 5.12. The molecule has 2 aliphatic carbocycles. The number of carboxylic acid groups (broad SMARTS) is 1. The maximum Gasteiger partial charge on any atom is 0.326 e. The lowest BCUT2D eigenvalue weighted by Gasteiger charge is -2.21. The summed E-state index contributed by atoms with van der Waals surface area (Å²) in [6, 6.07) is -0.898. The van der Waals surface area contributed by atoms with E-state index in [1.807, 2.05) is 13.8 Å². The van der Waals surface area contributed by atoms with Crippen molar-refractivity contribution >= 4 is 17.8 Å². The summed E-state index contributed by atoms with van der Waals surface area (Å²) in [6.45, 7) is 3.65. The molecule has 23 heavy (non-hydrogen) atoms. The molecule has 0 aliphatic heterocycles. The number of fused-ring (bicyclic) bond motifs is 2. The number of hydrogen-bond acceptors (Lipinski definition) is 3. The van der Waals surface area contributed by atoms with Crippen LogP contribution in [0.1, 0.15) is 52.4 Å². The third kappa shape index (κ3) is 5.22. The highest BCUT2D eigenvalue weighted by molar-refractivity contribution is 5.87. The minimum absolute atomic E-state index is 0.103. The molecule has 6 heteroatoms. The molecule has 2 saturated carbocycles. The van der Waals surface area contributed by atoms with E-state index in [1.165, 1.54) is 19.3 Å². The number of amides is 2. The molecule has 0 aromatic rings. The fourth-order valence-corrected chi connectivity index (χ4v) is 4.05. The lowest BCUT2D eigenvalue weighted by Crippen LogP contribution is -2.46. The smallest absolute Gasteiger partial charge is 0.326 e. The lowest BCUT2D eigenvalue weighted by atomic mass is 9.86. The molecule has 0 radical (unpaired) electrons. The summed E-state index contributed by atoms with van der Waals surface area (Å²) < 4.78 is 0. The summed E-state index contributed by atoms with van der Waals surface area (Å²) in [6.07, 6.45) is 5.80. The zero-order valence-corrected chi connectivity index (χ0v) is 14.0. The molecule has 2 aliphatic rings. The molecular weight excluding hydrogens is 296 g/mol. The summed E-state index contributed by atoms with van der Waals surface area (Å²) >= 11 is 0. The van der Waals surface area contributed by atoms with Gasteiger partial charge in [0, 0.05) is 6.42 Å². The first-order valence-corrected chi connectivity index (χ1v) is 8.64. The second-order valence-corrected chi connectivity index (χ2v) is 7.50. The number of aliphatic carboxylic acids is 1. The van der Waals surface area contributed by atoms with Gasteiger partial charge >= 0.3 is 5.97 Å². The van der Waals surface area contributed by atoms with Crippen molar-refractivity contribution in [2.75, 3.05) is 6.54 Å². The fourth-order valence-electron chi connectivity index (χ4n) is 4.05. The molecule has 0 aromatic carbocycles. The molecule has 0 aromatic heterocycles. The zero-order chi connectivity index (χ0) is 17.0. The summed E-state index contributed by atoms with van der Waals surface area (Å²) in [5, 5.41) is 14.2. The normalized spacial score (nSPS) is 27.0. The molecule has 0 heterocycles. The van der Waals surface area contributed by atoms with Crippen LogP contribution in [0.5, 0.6) is 0 Å². The van der Waals surface area contributed by atoms with Crippen LogP contribution in [0, 0.1) is 23.7 Å². The van der Waals surface area contributed by atoms with Gasteiger partial charge in [0.25, 0.3) is 0 Å². The van der Waals surface area contributed by atoms with Crippen LogP contribution in [0.25, 0.3) is 0 Å². The Morgan fingerprint density at radius 3 is 2.39 bits per heavy atom. The summed E-state index contributed by atoms with van der Waals surface area (Å²) in [7, 11) is 0. The Bertz CT molecular complexity index is 464. The van der Waals surface area contributed by atoms with E-state index in [1.54, 1.807) is 0 Å². The Kier molecular flexibility index (Phi) is 6.02. The van der Waals surface area contributed by atoms with E-state index in [9.17, 15) is 14.4 Å². The minimum atomic E-state index is -1.04. The number of hydrogen-bond donors (Lipinski definition) is 3. The first-order valence-electron chi connectivity index (χ1n) is 8.64. The molecule has 3 N–H and O–H groups in total. The van der Waals surface area contributed by atoms with Gasteiger partial charge in [-0.2, -0.15) is 0 Å². The van der Waals surface area contributed by atoms with E-state index >= 15 is 0 Å². The van der Waals surface area contributed by atoms with E-state index in [2.05, 4.69) is 10.6 Å². The van der Waals surface area contributed by atoms with Crippen LogP contribution < -0.4 is 10.6 Å². The van der Waals surface area contributed by atoms with Gasteiger partial charge < -0.3 is 15.7 Å². The van der Waals surface area contributed by atoms with Crippen LogP contribution in [0.3, 0.4) is 0 Å².